The van der Waals surface area contributed by atoms with Crippen LogP contribution in [-0.4, -0.2) is 29.4 Å². The van der Waals surface area contributed by atoms with Crippen LogP contribution in [-0.2, 0) is 11.3 Å². The standard InChI is InChI=1S/C26H28N2O3S/c1-19(21-10-12-22(13-11-21)31-17-20-6-4-14-27-16-20)28-26(29)24-8-2-3-9-25(24)32-18-23-7-5-15-30-23/h2-4,6,8-14,16,19,23H,5,7,15,17-18H2,1H3,(H,28,29). The molecule has 5 nitrogen and oxygen atoms in total. The third kappa shape index (κ3) is 6.11. The molecule has 1 N–H and O–H groups in total. The second kappa shape index (κ2) is 11.2. The maximum Gasteiger partial charge on any atom is 0.252 e. The Morgan fingerprint density at radius 3 is 2.78 bits per heavy atom. The highest BCUT2D eigenvalue weighted by Crippen LogP contribution is 2.27. The Kier molecular flexibility index (Phi) is 7.80. The molecular weight excluding hydrogens is 420 g/mol. The lowest BCUT2D eigenvalue weighted by molar-refractivity contribution is 0.0936. The summed E-state index contributed by atoms with van der Waals surface area (Å²) >= 11 is 1.69. The second-order valence-electron chi connectivity index (χ2n) is 7.86. The summed E-state index contributed by atoms with van der Waals surface area (Å²) in [4.78, 5) is 18.1. The quantitative estimate of drug-likeness (QED) is 0.443. The fraction of sp³-hybridized carbons (Fsp3) is 0.308. The fourth-order valence-electron chi connectivity index (χ4n) is 3.60. The van der Waals surface area contributed by atoms with Crippen molar-refractivity contribution in [1.29, 1.82) is 0 Å². The van der Waals surface area contributed by atoms with E-state index in [1.165, 1.54) is 0 Å². The van der Waals surface area contributed by atoms with E-state index in [1.807, 2.05) is 67.6 Å². The van der Waals surface area contributed by atoms with E-state index in [9.17, 15) is 4.79 Å². The molecule has 0 bridgehead atoms. The molecule has 1 aromatic heterocycles. The summed E-state index contributed by atoms with van der Waals surface area (Å²) in [5.41, 5.74) is 2.75. The highest BCUT2D eigenvalue weighted by molar-refractivity contribution is 7.99. The second-order valence-corrected chi connectivity index (χ2v) is 8.92. The van der Waals surface area contributed by atoms with Gasteiger partial charge in [-0.15, -0.1) is 11.8 Å². The topological polar surface area (TPSA) is 60.5 Å². The van der Waals surface area contributed by atoms with Gasteiger partial charge >= 0.3 is 0 Å². The summed E-state index contributed by atoms with van der Waals surface area (Å²) in [6, 6.07) is 19.4. The van der Waals surface area contributed by atoms with Crippen LogP contribution in [0.25, 0.3) is 0 Å². The van der Waals surface area contributed by atoms with Gasteiger partial charge in [0.25, 0.3) is 5.91 Å². The number of amides is 1. The van der Waals surface area contributed by atoms with E-state index in [4.69, 9.17) is 9.47 Å². The number of nitrogens with zero attached hydrogens (tertiary/aromatic N) is 1. The number of aromatic nitrogens is 1. The van der Waals surface area contributed by atoms with E-state index in [1.54, 1.807) is 24.2 Å². The maximum absolute atomic E-state index is 13.0. The van der Waals surface area contributed by atoms with Crippen LogP contribution in [0.15, 0.2) is 78.0 Å². The number of rotatable bonds is 9. The molecule has 0 radical (unpaired) electrons. The zero-order chi connectivity index (χ0) is 22.2. The Labute approximate surface area is 193 Å². The molecule has 4 rings (SSSR count). The number of nitrogens with one attached hydrogen (secondary N) is 1. The molecular formula is C26H28N2O3S. The predicted molar refractivity (Wildman–Crippen MR) is 127 cm³/mol. The van der Waals surface area contributed by atoms with Gasteiger partial charge in [0.2, 0.25) is 0 Å². The van der Waals surface area contributed by atoms with Crippen LogP contribution < -0.4 is 10.1 Å². The molecule has 2 aromatic carbocycles. The first kappa shape index (κ1) is 22.4. The molecule has 1 amide bonds. The number of hydrogen-bond acceptors (Lipinski definition) is 5. The lowest BCUT2D eigenvalue weighted by Gasteiger charge is -2.17. The summed E-state index contributed by atoms with van der Waals surface area (Å²) in [7, 11) is 0. The van der Waals surface area contributed by atoms with Crippen LogP contribution in [0.1, 0.15) is 47.3 Å². The van der Waals surface area contributed by atoms with Crippen LogP contribution in [0.4, 0.5) is 0 Å². The number of benzene rings is 2. The van der Waals surface area contributed by atoms with Gasteiger partial charge in [-0.2, -0.15) is 0 Å². The molecule has 1 aliphatic heterocycles. The van der Waals surface area contributed by atoms with E-state index in [-0.39, 0.29) is 18.1 Å². The van der Waals surface area contributed by atoms with Gasteiger partial charge < -0.3 is 14.8 Å². The summed E-state index contributed by atoms with van der Waals surface area (Å²) in [5, 5.41) is 3.13. The minimum Gasteiger partial charge on any atom is -0.489 e. The molecule has 6 heteroatoms. The largest absolute Gasteiger partial charge is 0.489 e. The van der Waals surface area contributed by atoms with Gasteiger partial charge in [0, 0.05) is 35.2 Å². The zero-order valence-electron chi connectivity index (χ0n) is 18.2. The number of hydrogen-bond donors (Lipinski definition) is 1. The molecule has 0 aliphatic carbocycles. The molecule has 166 valence electrons. The molecule has 2 unspecified atom stereocenters. The summed E-state index contributed by atoms with van der Waals surface area (Å²) < 4.78 is 11.5. The number of carbonyl (C=O) groups is 1. The number of thioether (sulfide) groups is 1. The van der Waals surface area contributed by atoms with E-state index in [0.717, 1.165) is 47.0 Å². The highest BCUT2D eigenvalue weighted by atomic mass is 32.2. The van der Waals surface area contributed by atoms with Crippen molar-refractivity contribution in [2.45, 2.75) is 43.4 Å². The van der Waals surface area contributed by atoms with Crippen LogP contribution in [0.3, 0.4) is 0 Å². The van der Waals surface area contributed by atoms with Crippen molar-refractivity contribution in [3.63, 3.8) is 0 Å². The third-order valence-electron chi connectivity index (χ3n) is 5.44. The Balaban J connectivity index is 1.33. The number of ether oxygens (including phenoxy) is 2. The molecule has 2 heterocycles. The van der Waals surface area contributed by atoms with E-state index < -0.39 is 0 Å². The van der Waals surface area contributed by atoms with Gasteiger partial charge in [0.1, 0.15) is 12.4 Å². The van der Waals surface area contributed by atoms with Crippen LogP contribution in [0, 0.1) is 0 Å². The van der Waals surface area contributed by atoms with Gasteiger partial charge in [0.15, 0.2) is 0 Å². The van der Waals surface area contributed by atoms with Crippen molar-refractivity contribution in [3.05, 3.63) is 89.7 Å². The number of carbonyl (C=O) groups excluding carboxylic acids is 1. The zero-order valence-corrected chi connectivity index (χ0v) is 19.0. The van der Waals surface area contributed by atoms with Crippen LogP contribution in [0.5, 0.6) is 5.75 Å². The minimum atomic E-state index is -0.119. The summed E-state index contributed by atoms with van der Waals surface area (Å²) in [5.74, 6) is 1.59. The monoisotopic (exact) mass is 448 g/mol. The van der Waals surface area contributed by atoms with Gasteiger partial charge in [0.05, 0.1) is 17.7 Å². The normalized spacial score (nSPS) is 16.5. The summed E-state index contributed by atoms with van der Waals surface area (Å²) in [6.45, 7) is 3.31. The van der Waals surface area contributed by atoms with Crippen LogP contribution in [0.2, 0.25) is 0 Å². The Morgan fingerprint density at radius 1 is 1.19 bits per heavy atom. The lowest BCUT2D eigenvalue weighted by Crippen LogP contribution is -2.27. The first-order valence-electron chi connectivity index (χ1n) is 10.9. The molecule has 3 aromatic rings. The average Bonchev–Trinajstić information content (AvgIpc) is 3.36. The molecule has 0 spiro atoms. The van der Waals surface area contributed by atoms with E-state index in [2.05, 4.69) is 10.3 Å². The molecule has 1 saturated heterocycles. The Hall–Kier alpha value is -2.83. The van der Waals surface area contributed by atoms with Crippen molar-refractivity contribution in [2.75, 3.05) is 12.4 Å². The van der Waals surface area contributed by atoms with E-state index in [0.29, 0.717) is 12.2 Å². The highest BCUT2D eigenvalue weighted by Gasteiger charge is 2.19. The average molecular weight is 449 g/mol. The van der Waals surface area contributed by atoms with Crippen LogP contribution >= 0.6 is 11.8 Å². The van der Waals surface area contributed by atoms with Crippen molar-refractivity contribution in [2.24, 2.45) is 0 Å². The van der Waals surface area contributed by atoms with Gasteiger partial charge in [-0.1, -0.05) is 30.3 Å². The molecule has 1 fully saturated rings. The number of pyridine rings is 1. The van der Waals surface area contributed by atoms with E-state index >= 15 is 0 Å². The predicted octanol–water partition coefficient (Wildman–Crippen LogP) is 5.42. The third-order valence-corrected chi connectivity index (χ3v) is 6.64. The molecule has 32 heavy (non-hydrogen) atoms. The molecule has 1 aliphatic rings. The van der Waals surface area contributed by atoms with Crippen molar-refractivity contribution in [1.82, 2.24) is 10.3 Å². The van der Waals surface area contributed by atoms with Crippen molar-refractivity contribution >= 4 is 17.7 Å². The Bertz CT molecular complexity index is 1010. The van der Waals surface area contributed by atoms with Gasteiger partial charge in [-0.3, -0.25) is 9.78 Å². The maximum atomic E-state index is 13.0. The smallest absolute Gasteiger partial charge is 0.252 e. The van der Waals surface area contributed by atoms with Gasteiger partial charge in [-0.05, 0) is 55.7 Å². The minimum absolute atomic E-state index is 0.0650. The summed E-state index contributed by atoms with van der Waals surface area (Å²) in [6.07, 6.45) is 6.05. The van der Waals surface area contributed by atoms with Gasteiger partial charge in [-0.25, -0.2) is 0 Å². The fourth-order valence-corrected chi connectivity index (χ4v) is 4.72. The lowest BCUT2D eigenvalue weighted by atomic mass is 10.1. The van der Waals surface area contributed by atoms with Crippen molar-refractivity contribution in [3.8, 4) is 5.75 Å². The Morgan fingerprint density at radius 2 is 2.03 bits per heavy atom. The first-order valence-corrected chi connectivity index (χ1v) is 11.9. The molecule has 0 saturated carbocycles. The van der Waals surface area contributed by atoms with Crippen molar-refractivity contribution < 1.29 is 14.3 Å². The molecule has 2 atom stereocenters. The first-order chi connectivity index (χ1) is 15.7. The SMILES string of the molecule is CC(NC(=O)c1ccccc1SCC1CCCO1)c1ccc(OCc2cccnc2)cc1.